The van der Waals surface area contributed by atoms with Crippen LogP contribution in [0.5, 0.6) is 0 Å². The van der Waals surface area contributed by atoms with Gasteiger partial charge in [-0.15, -0.1) is 0 Å². The monoisotopic (exact) mass is 369 g/mol. The van der Waals surface area contributed by atoms with Gasteiger partial charge < -0.3 is 9.64 Å². The minimum absolute atomic E-state index is 0.105. The second-order valence-electron chi connectivity index (χ2n) is 6.28. The quantitative estimate of drug-likeness (QED) is 0.638. The van der Waals surface area contributed by atoms with Gasteiger partial charge in [0.2, 0.25) is 0 Å². The molecule has 0 aliphatic rings. The zero-order valence-corrected chi connectivity index (χ0v) is 16.4. The third kappa shape index (κ3) is 8.71. The Kier molecular flexibility index (Phi) is 11.6. The third-order valence-electron chi connectivity index (χ3n) is 3.47. The van der Waals surface area contributed by atoms with E-state index in [-0.39, 0.29) is 30.2 Å². The van der Waals surface area contributed by atoms with Crippen LogP contribution in [-0.4, -0.2) is 30.8 Å². The van der Waals surface area contributed by atoms with Gasteiger partial charge in [0.1, 0.15) is 6.04 Å². The molecule has 0 radical (unpaired) electrons. The van der Waals surface area contributed by atoms with Gasteiger partial charge in [0, 0.05) is 17.3 Å². The Morgan fingerprint density at radius 3 is 2.08 bits per heavy atom. The van der Waals surface area contributed by atoms with Crippen molar-refractivity contribution in [3.63, 3.8) is 0 Å². The SMILES string of the molecule is CCCCN(c1ccc(Cl)cc1)C(C(=O)OC(C)C)C(C)C.O=C=O. The van der Waals surface area contributed by atoms with E-state index < -0.39 is 0 Å². The molecule has 0 aliphatic carbocycles. The summed E-state index contributed by atoms with van der Waals surface area (Å²) in [6.45, 7) is 10.9. The molecule has 1 aromatic rings. The lowest BCUT2D eigenvalue weighted by molar-refractivity contribution is -0.191. The van der Waals surface area contributed by atoms with Crippen molar-refractivity contribution in [3.05, 3.63) is 29.3 Å². The molecular weight excluding hydrogens is 342 g/mol. The van der Waals surface area contributed by atoms with Crippen LogP contribution in [0.4, 0.5) is 5.69 Å². The van der Waals surface area contributed by atoms with Crippen LogP contribution in [0.15, 0.2) is 24.3 Å². The maximum atomic E-state index is 12.6. The number of carbonyl (C=O) groups excluding carboxylic acids is 3. The van der Waals surface area contributed by atoms with Crippen molar-refractivity contribution >= 4 is 29.4 Å². The van der Waals surface area contributed by atoms with Crippen molar-refractivity contribution in [2.45, 2.75) is 59.6 Å². The molecule has 0 saturated heterocycles. The lowest BCUT2D eigenvalue weighted by Crippen LogP contribution is -2.47. The van der Waals surface area contributed by atoms with Gasteiger partial charge in [-0.1, -0.05) is 38.8 Å². The Balaban J connectivity index is 0.00000178. The molecule has 6 heteroatoms. The summed E-state index contributed by atoms with van der Waals surface area (Å²) in [6.07, 6.45) is 2.25. The molecule has 0 saturated carbocycles. The molecule has 0 fully saturated rings. The van der Waals surface area contributed by atoms with Crippen molar-refractivity contribution in [1.29, 1.82) is 0 Å². The number of benzene rings is 1. The molecule has 1 unspecified atom stereocenters. The summed E-state index contributed by atoms with van der Waals surface area (Å²) in [5.41, 5.74) is 1.01. The average Bonchev–Trinajstić information content (AvgIpc) is 2.51. The molecule has 0 aromatic heterocycles. The van der Waals surface area contributed by atoms with Gasteiger partial charge in [0.05, 0.1) is 6.10 Å². The van der Waals surface area contributed by atoms with E-state index in [1.807, 2.05) is 38.1 Å². The summed E-state index contributed by atoms with van der Waals surface area (Å²) in [6, 6.07) is 7.38. The molecule has 0 bridgehead atoms. The van der Waals surface area contributed by atoms with E-state index in [1.165, 1.54) is 0 Å². The number of nitrogens with zero attached hydrogens (tertiary/aromatic N) is 1. The number of halogens is 1. The molecule has 140 valence electrons. The largest absolute Gasteiger partial charge is 0.461 e. The van der Waals surface area contributed by atoms with Crippen LogP contribution in [0.25, 0.3) is 0 Å². The first kappa shape index (κ1) is 23.2. The number of hydrogen-bond acceptors (Lipinski definition) is 5. The zero-order valence-electron chi connectivity index (χ0n) is 15.6. The Morgan fingerprint density at radius 2 is 1.68 bits per heavy atom. The molecular formula is C19H28ClNO4. The van der Waals surface area contributed by atoms with E-state index in [9.17, 15) is 4.79 Å². The molecule has 5 nitrogen and oxygen atoms in total. The summed E-state index contributed by atoms with van der Waals surface area (Å²) >= 11 is 5.98. The second kappa shape index (κ2) is 12.5. The maximum absolute atomic E-state index is 12.6. The lowest BCUT2D eigenvalue weighted by Gasteiger charge is -2.35. The van der Waals surface area contributed by atoms with Crippen molar-refractivity contribution in [1.82, 2.24) is 0 Å². The summed E-state index contributed by atoms with van der Waals surface area (Å²) in [5, 5.41) is 0.699. The molecule has 0 amide bonds. The number of anilines is 1. The van der Waals surface area contributed by atoms with E-state index in [2.05, 4.69) is 25.7 Å². The third-order valence-corrected chi connectivity index (χ3v) is 3.72. The van der Waals surface area contributed by atoms with Crippen LogP contribution in [0.1, 0.15) is 47.5 Å². The lowest BCUT2D eigenvalue weighted by atomic mass is 10.0. The molecule has 0 N–H and O–H groups in total. The van der Waals surface area contributed by atoms with Gasteiger partial charge in [0.15, 0.2) is 0 Å². The van der Waals surface area contributed by atoms with Gasteiger partial charge in [0.25, 0.3) is 0 Å². The predicted molar refractivity (Wildman–Crippen MR) is 98.6 cm³/mol. The topological polar surface area (TPSA) is 63.7 Å². The first-order chi connectivity index (χ1) is 11.8. The van der Waals surface area contributed by atoms with Crippen molar-refractivity contribution in [2.24, 2.45) is 5.92 Å². The molecule has 0 spiro atoms. The van der Waals surface area contributed by atoms with Gasteiger partial charge in [-0.05, 0) is 50.5 Å². The standard InChI is InChI=1S/C18H28ClNO2.CO2/c1-6-7-12-20(16-10-8-15(19)9-11-16)17(13(2)3)18(21)22-14(4)5;2-1-3/h8-11,13-14,17H,6-7,12H2,1-5H3;. The van der Waals surface area contributed by atoms with Crippen molar-refractivity contribution in [2.75, 3.05) is 11.4 Å². The summed E-state index contributed by atoms with van der Waals surface area (Å²) in [7, 11) is 0. The van der Waals surface area contributed by atoms with E-state index in [0.29, 0.717) is 5.02 Å². The van der Waals surface area contributed by atoms with Crippen molar-refractivity contribution < 1.29 is 19.1 Å². The first-order valence-corrected chi connectivity index (χ1v) is 8.88. The Labute approximate surface area is 155 Å². The number of carbonyl (C=O) groups is 1. The van der Waals surface area contributed by atoms with Crippen LogP contribution in [-0.2, 0) is 19.1 Å². The normalized spacial score (nSPS) is 11.4. The molecule has 25 heavy (non-hydrogen) atoms. The van der Waals surface area contributed by atoms with E-state index in [0.717, 1.165) is 25.1 Å². The number of esters is 1. The van der Waals surface area contributed by atoms with E-state index in [1.54, 1.807) is 0 Å². The van der Waals surface area contributed by atoms with Crippen LogP contribution in [0.2, 0.25) is 5.02 Å². The molecule has 0 aliphatic heterocycles. The predicted octanol–water partition coefficient (Wildman–Crippen LogP) is 4.34. The minimum atomic E-state index is -0.282. The fourth-order valence-electron chi connectivity index (χ4n) is 2.45. The summed E-state index contributed by atoms with van der Waals surface area (Å²) < 4.78 is 5.47. The highest BCUT2D eigenvalue weighted by Crippen LogP contribution is 2.25. The average molecular weight is 370 g/mol. The van der Waals surface area contributed by atoms with Crippen LogP contribution < -0.4 is 4.90 Å². The maximum Gasteiger partial charge on any atom is 0.373 e. The highest BCUT2D eigenvalue weighted by molar-refractivity contribution is 6.30. The Bertz CT molecular complexity index is 537. The van der Waals surface area contributed by atoms with Crippen LogP contribution >= 0.6 is 11.6 Å². The Morgan fingerprint density at radius 1 is 1.16 bits per heavy atom. The molecule has 1 atom stereocenters. The van der Waals surface area contributed by atoms with E-state index >= 15 is 0 Å². The highest BCUT2D eigenvalue weighted by Gasteiger charge is 2.31. The smallest absolute Gasteiger partial charge is 0.373 e. The fourth-order valence-corrected chi connectivity index (χ4v) is 2.58. The van der Waals surface area contributed by atoms with Gasteiger partial charge in [-0.3, -0.25) is 0 Å². The number of ether oxygens (including phenoxy) is 1. The minimum Gasteiger partial charge on any atom is -0.461 e. The number of rotatable bonds is 8. The van der Waals surface area contributed by atoms with Crippen molar-refractivity contribution in [3.8, 4) is 0 Å². The number of hydrogen-bond donors (Lipinski definition) is 0. The summed E-state index contributed by atoms with van der Waals surface area (Å²) in [4.78, 5) is 30.9. The summed E-state index contributed by atoms with van der Waals surface area (Å²) in [5.74, 6) is 0.00911. The Hall–Kier alpha value is -1.84. The highest BCUT2D eigenvalue weighted by atomic mass is 35.5. The number of unbranched alkanes of at least 4 members (excludes halogenated alkanes) is 1. The zero-order chi connectivity index (χ0) is 19.4. The molecule has 1 aromatic carbocycles. The van der Waals surface area contributed by atoms with Crippen LogP contribution in [0, 0.1) is 5.92 Å². The van der Waals surface area contributed by atoms with E-state index in [4.69, 9.17) is 25.9 Å². The first-order valence-electron chi connectivity index (χ1n) is 8.50. The fraction of sp³-hybridized carbons (Fsp3) is 0.579. The molecule has 0 heterocycles. The molecule has 1 rings (SSSR count). The van der Waals surface area contributed by atoms with Gasteiger partial charge in [-0.2, -0.15) is 9.59 Å². The van der Waals surface area contributed by atoms with Crippen LogP contribution in [0.3, 0.4) is 0 Å². The van der Waals surface area contributed by atoms with Gasteiger partial charge >= 0.3 is 12.1 Å². The second-order valence-corrected chi connectivity index (χ2v) is 6.72. The van der Waals surface area contributed by atoms with Gasteiger partial charge in [-0.25, -0.2) is 4.79 Å².